The summed E-state index contributed by atoms with van der Waals surface area (Å²) in [5, 5.41) is 7.88. The number of nitrogens with one attached hydrogen (secondary N) is 1. The summed E-state index contributed by atoms with van der Waals surface area (Å²) in [5.74, 6) is 5.64. The lowest BCUT2D eigenvalue weighted by molar-refractivity contribution is 0.570. The molecular formula is C10H12Br2N6. The number of anilines is 1. The van der Waals surface area contributed by atoms with Crippen molar-refractivity contribution < 1.29 is 0 Å². The van der Waals surface area contributed by atoms with Gasteiger partial charge < -0.3 is 5.73 Å². The molecule has 1 unspecified atom stereocenters. The average molecular weight is 376 g/mol. The van der Waals surface area contributed by atoms with E-state index < -0.39 is 0 Å². The highest BCUT2D eigenvalue weighted by Crippen LogP contribution is 2.31. The molecule has 0 spiro atoms. The monoisotopic (exact) mass is 374 g/mol. The quantitative estimate of drug-likeness (QED) is 0.429. The van der Waals surface area contributed by atoms with Gasteiger partial charge in [-0.15, -0.1) is 5.10 Å². The molecule has 0 bridgehead atoms. The first-order valence-corrected chi connectivity index (χ1v) is 6.69. The number of halogens is 2. The summed E-state index contributed by atoms with van der Waals surface area (Å²) in [4.78, 5) is 0. The second kappa shape index (κ2) is 5.35. The third-order valence-electron chi connectivity index (χ3n) is 2.63. The molecule has 1 aromatic heterocycles. The number of rotatable bonds is 3. The maximum atomic E-state index is 5.99. The van der Waals surface area contributed by atoms with Crippen LogP contribution in [0.15, 0.2) is 27.3 Å². The molecule has 1 atom stereocenters. The number of aromatic nitrogens is 3. The molecular weight excluding hydrogens is 364 g/mol. The van der Waals surface area contributed by atoms with Gasteiger partial charge >= 0.3 is 0 Å². The van der Waals surface area contributed by atoms with E-state index in [1.807, 2.05) is 18.2 Å². The van der Waals surface area contributed by atoms with Gasteiger partial charge in [0.15, 0.2) is 4.60 Å². The summed E-state index contributed by atoms with van der Waals surface area (Å²) in [6.45, 7) is 0. The van der Waals surface area contributed by atoms with Crippen LogP contribution in [0.5, 0.6) is 0 Å². The van der Waals surface area contributed by atoms with Crippen molar-refractivity contribution in [2.75, 3.05) is 5.73 Å². The van der Waals surface area contributed by atoms with Crippen molar-refractivity contribution in [3.05, 3.63) is 38.5 Å². The topological polar surface area (TPSA) is 94.8 Å². The molecule has 18 heavy (non-hydrogen) atoms. The van der Waals surface area contributed by atoms with E-state index in [1.165, 1.54) is 0 Å². The van der Waals surface area contributed by atoms with Crippen LogP contribution in [0.4, 0.5) is 5.69 Å². The molecule has 0 aliphatic carbocycles. The molecule has 1 aromatic carbocycles. The van der Waals surface area contributed by atoms with Crippen molar-refractivity contribution in [3.8, 4) is 0 Å². The molecule has 0 saturated heterocycles. The molecule has 0 fully saturated rings. The van der Waals surface area contributed by atoms with Crippen molar-refractivity contribution in [3.63, 3.8) is 0 Å². The number of nitrogens with zero attached hydrogens (tertiary/aromatic N) is 3. The van der Waals surface area contributed by atoms with Gasteiger partial charge in [0.25, 0.3) is 0 Å². The Kier molecular flexibility index (Phi) is 4.00. The predicted octanol–water partition coefficient (Wildman–Crippen LogP) is 1.47. The largest absolute Gasteiger partial charge is 0.398 e. The maximum Gasteiger partial charge on any atom is 0.153 e. The molecule has 0 saturated carbocycles. The lowest BCUT2D eigenvalue weighted by Crippen LogP contribution is -2.31. The van der Waals surface area contributed by atoms with E-state index in [0.717, 1.165) is 15.7 Å². The van der Waals surface area contributed by atoms with Gasteiger partial charge in [-0.05, 0) is 34.1 Å². The molecule has 6 nitrogen and oxygen atoms in total. The van der Waals surface area contributed by atoms with E-state index in [4.69, 9.17) is 11.6 Å². The normalized spacial score (nSPS) is 12.7. The molecule has 96 valence electrons. The van der Waals surface area contributed by atoms with Gasteiger partial charge in [0.05, 0.1) is 11.7 Å². The Labute approximate surface area is 121 Å². The third-order valence-corrected chi connectivity index (χ3v) is 3.68. The van der Waals surface area contributed by atoms with E-state index in [9.17, 15) is 0 Å². The Morgan fingerprint density at radius 3 is 2.67 bits per heavy atom. The minimum atomic E-state index is -0.295. The highest BCUT2D eigenvalue weighted by molar-refractivity contribution is 9.10. The van der Waals surface area contributed by atoms with Crippen LogP contribution in [-0.2, 0) is 7.05 Å². The van der Waals surface area contributed by atoms with Crippen LogP contribution in [0.1, 0.15) is 17.3 Å². The summed E-state index contributed by atoms with van der Waals surface area (Å²) in [7, 11) is 1.80. The van der Waals surface area contributed by atoms with Gasteiger partial charge in [-0.25, -0.2) is 10.1 Å². The molecule has 1 heterocycles. The fraction of sp³-hybridized carbons (Fsp3) is 0.200. The van der Waals surface area contributed by atoms with Gasteiger partial charge in [-0.3, -0.25) is 5.84 Å². The van der Waals surface area contributed by atoms with E-state index in [0.29, 0.717) is 10.3 Å². The maximum absolute atomic E-state index is 5.99. The number of aryl methyl sites for hydroxylation is 1. The second-order valence-electron chi connectivity index (χ2n) is 3.76. The highest BCUT2D eigenvalue weighted by Gasteiger charge is 2.22. The minimum absolute atomic E-state index is 0.295. The van der Waals surface area contributed by atoms with Crippen LogP contribution < -0.4 is 17.0 Å². The lowest BCUT2D eigenvalue weighted by atomic mass is 10.0. The van der Waals surface area contributed by atoms with Crippen LogP contribution in [0.25, 0.3) is 0 Å². The third kappa shape index (κ3) is 2.41. The Morgan fingerprint density at radius 1 is 1.39 bits per heavy atom. The Bertz CT molecular complexity index is 548. The van der Waals surface area contributed by atoms with Gasteiger partial charge in [0.2, 0.25) is 0 Å². The SMILES string of the molecule is Cn1nnc(Br)c1C(NN)c1cc(Br)ccc1N. The summed E-state index contributed by atoms with van der Waals surface area (Å²) in [6, 6.07) is 5.32. The standard InChI is InChI=1S/C10H12Br2N6/c1-18-9(10(12)16-17-18)8(15-14)6-4-5(11)2-3-7(6)13/h2-4,8,15H,13-14H2,1H3. The van der Waals surface area contributed by atoms with Crippen LogP contribution in [0.2, 0.25) is 0 Å². The Morgan fingerprint density at radius 2 is 2.11 bits per heavy atom. The van der Waals surface area contributed by atoms with Crippen LogP contribution >= 0.6 is 31.9 Å². The van der Waals surface area contributed by atoms with Crippen molar-refractivity contribution in [1.82, 2.24) is 20.4 Å². The van der Waals surface area contributed by atoms with Crippen LogP contribution in [0.3, 0.4) is 0 Å². The lowest BCUT2D eigenvalue weighted by Gasteiger charge is -2.18. The number of nitrogens with two attached hydrogens (primary N) is 2. The summed E-state index contributed by atoms with van der Waals surface area (Å²) in [5.41, 5.74) is 11.0. The smallest absolute Gasteiger partial charge is 0.153 e. The molecule has 2 rings (SSSR count). The van der Waals surface area contributed by atoms with E-state index in [-0.39, 0.29) is 6.04 Å². The minimum Gasteiger partial charge on any atom is -0.398 e. The zero-order chi connectivity index (χ0) is 13.3. The molecule has 2 aromatic rings. The van der Waals surface area contributed by atoms with Crippen molar-refractivity contribution in [1.29, 1.82) is 0 Å². The van der Waals surface area contributed by atoms with Gasteiger partial charge in [0, 0.05) is 22.8 Å². The number of hydrogen-bond acceptors (Lipinski definition) is 5. The Hall–Kier alpha value is -0.960. The van der Waals surface area contributed by atoms with Gasteiger partial charge in [0.1, 0.15) is 0 Å². The van der Waals surface area contributed by atoms with Gasteiger partial charge in [-0.2, -0.15) is 0 Å². The van der Waals surface area contributed by atoms with E-state index >= 15 is 0 Å². The van der Waals surface area contributed by atoms with Gasteiger partial charge in [-0.1, -0.05) is 21.1 Å². The highest BCUT2D eigenvalue weighted by atomic mass is 79.9. The average Bonchev–Trinajstić information content (AvgIpc) is 2.66. The van der Waals surface area contributed by atoms with E-state index in [2.05, 4.69) is 47.6 Å². The van der Waals surface area contributed by atoms with E-state index in [1.54, 1.807) is 11.7 Å². The first-order chi connectivity index (χ1) is 8.54. The summed E-state index contributed by atoms with van der Waals surface area (Å²) < 4.78 is 3.21. The zero-order valence-corrected chi connectivity index (χ0v) is 12.7. The first-order valence-electron chi connectivity index (χ1n) is 5.10. The second-order valence-corrected chi connectivity index (χ2v) is 5.43. The zero-order valence-electron chi connectivity index (χ0n) is 9.56. The number of hydrazine groups is 1. The molecule has 0 aliphatic heterocycles. The summed E-state index contributed by atoms with van der Waals surface area (Å²) in [6.07, 6.45) is 0. The molecule has 0 amide bonds. The van der Waals surface area contributed by atoms with Crippen molar-refractivity contribution >= 4 is 37.5 Å². The molecule has 0 aliphatic rings. The Balaban J connectivity index is 2.55. The first kappa shape index (κ1) is 13.5. The van der Waals surface area contributed by atoms with Crippen LogP contribution in [-0.4, -0.2) is 15.0 Å². The molecule has 8 heteroatoms. The number of hydrogen-bond donors (Lipinski definition) is 3. The fourth-order valence-electron chi connectivity index (χ4n) is 1.76. The number of benzene rings is 1. The fourth-order valence-corrected chi connectivity index (χ4v) is 2.69. The predicted molar refractivity (Wildman–Crippen MR) is 76.4 cm³/mol. The molecule has 5 N–H and O–H groups in total. The van der Waals surface area contributed by atoms with Crippen molar-refractivity contribution in [2.24, 2.45) is 12.9 Å². The van der Waals surface area contributed by atoms with Crippen LogP contribution in [0, 0.1) is 0 Å². The molecule has 0 radical (unpaired) electrons. The van der Waals surface area contributed by atoms with Crippen molar-refractivity contribution in [2.45, 2.75) is 6.04 Å². The summed E-state index contributed by atoms with van der Waals surface area (Å²) >= 11 is 6.78. The number of nitrogen functional groups attached to an aromatic ring is 1.